The first-order valence-corrected chi connectivity index (χ1v) is 5.91. The molecule has 2 N–H and O–H groups in total. The van der Waals surface area contributed by atoms with Crippen LogP contribution < -0.4 is 9.64 Å². The van der Waals surface area contributed by atoms with Crippen molar-refractivity contribution in [3.05, 3.63) is 23.8 Å². The standard InChI is InChI=1S/C13H15NO5/c1-14-10-6-8(9(4-5-15)13(17)18)2-3-11(10)19-7-12(14)16/h2-3,6,9,15H,4-5,7H2,1H3,(H,17,18). The molecule has 1 amide bonds. The molecule has 1 aromatic rings. The van der Waals surface area contributed by atoms with Crippen molar-refractivity contribution >= 4 is 17.6 Å². The van der Waals surface area contributed by atoms with Gasteiger partial charge in [0.05, 0.1) is 11.6 Å². The first kappa shape index (κ1) is 13.4. The number of carbonyl (C=O) groups is 2. The van der Waals surface area contributed by atoms with Gasteiger partial charge in [-0.15, -0.1) is 0 Å². The van der Waals surface area contributed by atoms with Gasteiger partial charge in [0.25, 0.3) is 5.91 Å². The van der Waals surface area contributed by atoms with Crippen molar-refractivity contribution < 1.29 is 24.5 Å². The molecule has 1 heterocycles. The largest absolute Gasteiger partial charge is 0.482 e. The number of carbonyl (C=O) groups excluding carboxylic acids is 1. The van der Waals surface area contributed by atoms with Gasteiger partial charge in [-0.1, -0.05) is 6.07 Å². The smallest absolute Gasteiger partial charge is 0.311 e. The summed E-state index contributed by atoms with van der Waals surface area (Å²) in [6.45, 7) is -0.221. The van der Waals surface area contributed by atoms with Crippen LogP contribution in [-0.4, -0.2) is 42.4 Å². The Hall–Kier alpha value is -2.08. The highest BCUT2D eigenvalue weighted by molar-refractivity contribution is 5.97. The fourth-order valence-corrected chi connectivity index (χ4v) is 2.07. The predicted molar refractivity (Wildman–Crippen MR) is 67.4 cm³/mol. The molecule has 0 saturated heterocycles. The summed E-state index contributed by atoms with van der Waals surface area (Å²) >= 11 is 0. The molecular weight excluding hydrogens is 250 g/mol. The monoisotopic (exact) mass is 265 g/mol. The number of carboxylic acid groups (broad SMARTS) is 1. The maximum Gasteiger partial charge on any atom is 0.311 e. The summed E-state index contributed by atoms with van der Waals surface area (Å²) in [5.41, 5.74) is 1.10. The Morgan fingerprint density at radius 2 is 2.26 bits per heavy atom. The number of aliphatic hydroxyl groups is 1. The van der Waals surface area contributed by atoms with Gasteiger partial charge in [0.2, 0.25) is 0 Å². The van der Waals surface area contributed by atoms with Gasteiger partial charge in [-0.05, 0) is 24.1 Å². The second-order valence-electron chi connectivity index (χ2n) is 4.37. The Balaban J connectivity index is 2.39. The van der Waals surface area contributed by atoms with Crippen LogP contribution in [0.2, 0.25) is 0 Å². The predicted octanol–water partition coefficient (Wildman–Crippen LogP) is 0.592. The van der Waals surface area contributed by atoms with E-state index in [4.69, 9.17) is 14.9 Å². The van der Waals surface area contributed by atoms with Crippen LogP contribution in [0.5, 0.6) is 5.75 Å². The Kier molecular flexibility index (Phi) is 3.71. The van der Waals surface area contributed by atoms with E-state index in [1.54, 1.807) is 25.2 Å². The molecule has 0 radical (unpaired) electrons. The molecule has 0 fully saturated rings. The summed E-state index contributed by atoms with van der Waals surface area (Å²) in [5.74, 6) is -1.42. The third-order valence-corrected chi connectivity index (χ3v) is 3.19. The Labute approximate surface area is 110 Å². The summed E-state index contributed by atoms with van der Waals surface area (Å²) in [5, 5.41) is 18.1. The first-order chi connectivity index (χ1) is 9.04. The lowest BCUT2D eigenvalue weighted by Gasteiger charge is -2.27. The van der Waals surface area contributed by atoms with Crippen LogP contribution in [-0.2, 0) is 9.59 Å². The molecule has 1 atom stereocenters. The maximum absolute atomic E-state index is 11.5. The lowest BCUT2D eigenvalue weighted by molar-refractivity contribution is -0.139. The van der Waals surface area contributed by atoms with Gasteiger partial charge in [0.1, 0.15) is 5.75 Å². The molecule has 1 unspecified atom stereocenters. The van der Waals surface area contributed by atoms with Crippen molar-refractivity contribution in [2.75, 3.05) is 25.2 Å². The molecule has 0 aromatic heterocycles. The molecule has 1 aliphatic rings. The number of carboxylic acids is 1. The second kappa shape index (κ2) is 5.27. The fourth-order valence-electron chi connectivity index (χ4n) is 2.07. The van der Waals surface area contributed by atoms with Crippen molar-refractivity contribution in [2.45, 2.75) is 12.3 Å². The van der Waals surface area contributed by atoms with Crippen molar-refractivity contribution in [2.24, 2.45) is 0 Å². The van der Waals surface area contributed by atoms with E-state index in [-0.39, 0.29) is 25.5 Å². The van der Waals surface area contributed by atoms with Crippen molar-refractivity contribution in [3.63, 3.8) is 0 Å². The number of amides is 1. The molecular formula is C13H15NO5. The van der Waals surface area contributed by atoms with E-state index in [1.807, 2.05) is 0 Å². The zero-order chi connectivity index (χ0) is 14.0. The highest BCUT2D eigenvalue weighted by Crippen LogP contribution is 2.34. The molecule has 102 valence electrons. The zero-order valence-electron chi connectivity index (χ0n) is 10.5. The Bertz CT molecular complexity index is 514. The van der Waals surface area contributed by atoms with Gasteiger partial charge in [-0.25, -0.2) is 0 Å². The molecule has 2 rings (SSSR count). The second-order valence-corrected chi connectivity index (χ2v) is 4.37. The van der Waals surface area contributed by atoms with E-state index in [9.17, 15) is 9.59 Å². The van der Waals surface area contributed by atoms with E-state index in [0.717, 1.165) is 0 Å². The molecule has 0 saturated carbocycles. The third-order valence-electron chi connectivity index (χ3n) is 3.19. The molecule has 0 bridgehead atoms. The van der Waals surface area contributed by atoms with Crippen LogP contribution in [0.4, 0.5) is 5.69 Å². The Morgan fingerprint density at radius 1 is 1.53 bits per heavy atom. The Morgan fingerprint density at radius 3 is 2.89 bits per heavy atom. The average Bonchev–Trinajstić information content (AvgIpc) is 2.40. The molecule has 1 aromatic carbocycles. The minimum atomic E-state index is -1.00. The number of ether oxygens (including phenoxy) is 1. The van der Waals surface area contributed by atoms with Crippen LogP contribution in [0, 0.1) is 0 Å². The normalized spacial score (nSPS) is 15.7. The van der Waals surface area contributed by atoms with Crippen LogP contribution in [0.15, 0.2) is 18.2 Å². The summed E-state index contributed by atoms with van der Waals surface area (Å²) in [4.78, 5) is 24.2. The van der Waals surface area contributed by atoms with Gasteiger partial charge in [0.15, 0.2) is 6.61 Å². The summed E-state index contributed by atoms with van der Waals surface area (Å²) < 4.78 is 5.27. The minimum Gasteiger partial charge on any atom is -0.482 e. The topological polar surface area (TPSA) is 87.1 Å². The number of anilines is 1. The van der Waals surface area contributed by atoms with Gasteiger partial charge in [-0.3, -0.25) is 9.59 Å². The molecule has 19 heavy (non-hydrogen) atoms. The van der Waals surface area contributed by atoms with Crippen LogP contribution in [0.3, 0.4) is 0 Å². The van der Waals surface area contributed by atoms with Crippen LogP contribution in [0.25, 0.3) is 0 Å². The summed E-state index contributed by atoms with van der Waals surface area (Å²) in [7, 11) is 1.62. The van der Waals surface area contributed by atoms with Crippen molar-refractivity contribution in [1.29, 1.82) is 0 Å². The lowest BCUT2D eigenvalue weighted by atomic mass is 9.95. The minimum absolute atomic E-state index is 0.0121. The van der Waals surface area contributed by atoms with Gasteiger partial charge in [0, 0.05) is 13.7 Å². The van der Waals surface area contributed by atoms with Gasteiger partial charge < -0.3 is 19.8 Å². The number of likely N-dealkylation sites (N-methyl/N-ethyl adjacent to an activating group) is 1. The highest BCUT2D eigenvalue weighted by atomic mass is 16.5. The first-order valence-electron chi connectivity index (χ1n) is 5.91. The van der Waals surface area contributed by atoms with E-state index in [2.05, 4.69) is 0 Å². The summed E-state index contributed by atoms with van der Waals surface area (Å²) in [6, 6.07) is 4.93. The number of fused-ring (bicyclic) bond motifs is 1. The molecule has 6 heteroatoms. The number of rotatable bonds is 4. The van der Waals surface area contributed by atoms with Gasteiger partial charge in [-0.2, -0.15) is 0 Å². The SMILES string of the molecule is CN1C(=O)COc2ccc(C(CCO)C(=O)O)cc21. The average molecular weight is 265 g/mol. The van der Waals surface area contributed by atoms with E-state index in [1.165, 1.54) is 4.90 Å². The number of aliphatic carboxylic acids is 1. The van der Waals surface area contributed by atoms with Crippen LogP contribution >= 0.6 is 0 Å². The quantitative estimate of drug-likeness (QED) is 0.832. The molecule has 0 spiro atoms. The maximum atomic E-state index is 11.5. The summed E-state index contributed by atoms with van der Waals surface area (Å²) in [6.07, 6.45) is 0.132. The van der Waals surface area contributed by atoms with E-state index in [0.29, 0.717) is 17.0 Å². The lowest BCUT2D eigenvalue weighted by Crippen LogP contribution is -2.35. The fraction of sp³-hybridized carbons (Fsp3) is 0.385. The van der Waals surface area contributed by atoms with Crippen LogP contribution in [0.1, 0.15) is 17.9 Å². The molecule has 0 aliphatic carbocycles. The number of hydrogen-bond donors (Lipinski definition) is 2. The zero-order valence-corrected chi connectivity index (χ0v) is 10.5. The van der Waals surface area contributed by atoms with Crippen molar-refractivity contribution in [3.8, 4) is 5.75 Å². The van der Waals surface area contributed by atoms with E-state index < -0.39 is 11.9 Å². The molecule has 1 aliphatic heterocycles. The molecule has 6 nitrogen and oxygen atoms in total. The number of benzene rings is 1. The van der Waals surface area contributed by atoms with Crippen molar-refractivity contribution in [1.82, 2.24) is 0 Å². The number of hydrogen-bond acceptors (Lipinski definition) is 4. The number of nitrogens with zero attached hydrogens (tertiary/aromatic N) is 1. The van der Waals surface area contributed by atoms with Gasteiger partial charge >= 0.3 is 5.97 Å². The third kappa shape index (κ3) is 2.53. The van der Waals surface area contributed by atoms with E-state index >= 15 is 0 Å². The highest BCUT2D eigenvalue weighted by Gasteiger charge is 2.25. The number of aliphatic hydroxyl groups excluding tert-OH is 1.